The molecule has 1 saturated carbocycles. The quantitative estimate of drug-likeness (QED) is 0.587. The van der Waals surface area contributed by atoms with Gasteiger partial charge in [-0.2, -0.15) is 11.8 Å². The zero-order chi connectivity index (χ0) is 10.8. The Bertz CT molecular complexity index is 343. The number of hydrogen-bond acceptors (Lipinski definition) is 4. The summed E-state index contributed by atoms with van der Waals surface area (Å²) >= 11 is 1.91. The van der Waals surface area contributed by atoms with Crippen LogP contribution in [0.1, 0.15) is 37.2 Å². The van der Waals surface area contributed by atoms with Crippen molar-refractivity contribution in [3.05, 3.63) is 11.5 Å². The Morgan fingerprint density at radius 2 is 2.27 bits per heavy atom. The molecule has 1 fully saturated rings. The van der Waals surface area contributed by atoms with E-state index in [2.05, 4.69) is 11.9 Å². The van der Waals surface area contributed by atoms with Crippen LogP contribution in [0.25, 0.3) is 0 Å². The van der Waals surface area contributed by atoms with E-state index in [9.17, 15) is 0 Å². The van der Waals surface area contributed by atoms with Gasteiger partial charge in [0.1, 0.15) is 11.6 Å². The molecule has 1 aromatic rings. The van der Waals surface area contributed by atoms with Gasteiger partial charge in [-0.1, -0.05) is 6.92 Å². The third-order valence-corrected chi connectivity index (χ3v) is 3.58. The fourth-order valence-corrected chi connectivity index (χ4v) is 2.26. The van der Waals surface area contributed by atoms with Gasteiger partial charge in [-0.05, 0) is 24.3 Å². The summed E-state index contributed by atoms with van der Waals surface area (Å²) in [4.78, 5) is 4.54. The maximum Gasteiger partial charge on any atom is 0.146 e. The van der Waals surface area contributed by atoms with Crippen molar-refractivity contribution in [3.63, 3.8) is 0 Å². The SMILES string of the molecule is CCSCCc1nc(C2CC2)n(N)c1N. The Hall–Kier alpha value is -0.840. The second kappa shape index (κ2) is 4.35. The van der Waals surface area contributed by atoms with Crippen LogP contribution >= 0.6 is 11.8 Å². The second-order valence-corrected chi connectivity index (χ2v) is 5.29. The maximum absolute atomic E-state index is 5.92. The summed E-state index contributed by atoms with van der Waals surface area (Å²) in [6.45, 7) is 2.16. The van der Waals surface area contributed by atoms with E-state index in [1.54, 1.807) is 4.68 Å². The van der Waals surface area contributed by atoms with E-state index in [4.69, 9.17) is 11.6 Å². The predicted molar refractivity (Wildman–Crippen MR) is 65.5 cm³/mol. The second-order valence-electron chi connectivity index (χ2n) is 3.89. The van der Waals surface area contributed by atoms with Crippen molar-refractivity contribution < 1.29 is 0 Å². The Morgan fingerprint density at radius 3 is 2.87 bits per heavy atom. The highest BCUT2D eigenvalue weighted by atomic mass is 32.2. The molecule has 0 radical (unpaired) electrons. The first-order valence-corrected chi connectivity index (χ1v) is 6.59. The zero-order valence-electron chi connectivity index (χ0n) is 9.07. The molecule has 0 amide bonds. The molecule has 2 rings (SSSR count). The molecule has 1 heterocycles. The molecule has 84 valence electrons. The lowest BCUT2D eigenvalue weighted by Gasteiger charge is -2.00. The van der Waals surface area contributed by atoms with Crippen LogP contribution in [0, 0.1) is 0 Å². The van der Waals surface area contributed by atoms with Crippen LogP contribution in [0.5, 0.6) is 0 Å². The standard InChI is InChI=1S/C10H18N4S/c1-2-15-6-5-8-9(11)14(12)10(13-8)7-3-4-7/h7H,2-6,11-12H2,1H3. The number of nitrogens with two attached hydrogens (primary N) is 2. The molecule has 0 atom stereocenters. The summed E-state index contributed by atoms with van der Waals surface area (Å²) in [6.07, 6.45) is 3.34. The fraction of sp³-hybridized carbons (Fsp3) is 0.700. The van der Waals surface area contributed by atoms with E-state index in [-0.39, 0.29) is 0 Å². The molecule has 15 heavy (non-hydrogen) atoms. The number of nitrogens with zero attached hydrogens (tertiary/aromatic N) is 2. The van der Waals surface area contributed by atoms with Crippen molar-refractivity contribution in [1.29, 1.82) is 0 Å². The van der Waals surface area contributed by atoms with Crippen molar-refractivity contribution in [1.82, 2.24) is 9.66 Å². The van der Waals surface area contributed by atoms with Gasteiger partial charge in [0.2, 0.25) is 0 Å². The highest BCUT2D eigenvalue weighted by molar-refractivity contribution is 7.99. The molecule has 5 heteroatoms. The Morgan fingerprint density at radius 1 is 1.53 bits per heavy atom. The van der Waals surface area contributed by atoms with Crippen LogP contribution in [0.15, 0.2) is 0 Å². The number of anilines is 1. The smallest absolute Gasteiger partial charge is 0.146 e. The summed E-state index contributed by atoms with van der Waals surface area (Å²) in [5, 5.41) is 0. The lowest BCUT2D eigenvalue weighted by atomic mass is 10.3. The van der Waals surface area contributed by atoms with E-state index < -0.39 is 0 Å². The average molecular weight is 226 g/mol. The third-order valence-electron chi connectivity index (χ3n) is 2.68. The number of rotatable bonds is 5. The van der Waals surface area contributed by atoms with Gasteiger partial charge in [0.25, 0.3) is 0 Å². The van der Waals surface area contributed by atoms with E-state index >= 15 is 0 Å². The van der Waals surface area contributed by atoms with Crippen molar-refractivity contribution in [2.45, 2.75) is 32.1 Å². The molecule has 1 aromatic heterocycles. The number of hydrogen-bond donors (Lipinski definition) is 2. The van der Waals surface area contributed by atoms with E-state index in [1.807, 2.05) is 11.8 Å². The van der Waals surface area contributed by atoms with Gasteiger partial charge in [0.15, 0.2) is 0 Å². The molecule has 0 aromatic carbocycles. The fourth-order valence-electron chi connectivity index (χ4n) is 1.64. The minimum Gasteiger partial charge on any atom is -0.382 e. The largest absolute Gasteiger partial charge is 0.382 e. The summed E-state index contributed by atoms with van der Waals surface area (Å²) in [5.74, 6) is 10.3. The molecule has 4 N–H and O–H groups in total. The minimum atomic E-state index is 0.560. The van der Waals surface area contributed by atoms with Gasteiger partial charge in [-0.15, -0.1) is 0 Å². The molecule has 4 nitrogen and oxygen atoms in total. The first-order chi connectivity index (χ1) is 7.24. The Labute approximate surface area is 94.4 Å². The molecular formula is C10H18N4S. The van der Waals surface area contributed by atoms with Crippen LogP contribution in [0.3, 0.4) is 0 Å². The van der Waals surface area contributed by atoms with Gasteiger partial charge in [0.05, 0.1) is 5.69 Å². The molecular weight excluding hydrogens is 208 g/mol. The van der Waals surface area contributed by atoms with Gasteiger partial charge in [-0.3, -0.25) is 0 Å². The topological polar surface area (TPSA) is 69.9 Å². The van der Waals surface area contributed by atoms with E-state index in [1.165, 1.54) is 12.8 Å². The predicted octanol–water partition coefficient (Wildman–Crippen LogP) is 1.35. The highest BCUT2D eigenvalue weighted by Crippen LogP contribution is 2.39. The summed E-state index contributed by atoms with van der Waals surface area (Å²) in [6, 6.07) is 0. The van der Waals surface area contributed by atoms with Gasteiger partial charge in [0, 0.05) is 12.3 Å². The van der Waals surface area contributed by atoms with E-state index in [0.29, 0.717) is 11.7 Å². The van der Waals surface area contributed by atoms with Crippen LogP contribution < -0.4 is 11.6 Å². The molecule has 1 aliphatic carbocycles. The maximum atomic E-state index is 5.92. The number of aromatic nitrogens is 2. The lowest BCUT2D eigenvalue weighted by molar-refractivity contribution is 0.852. The van der Waals surface area contributed by atoms with Crippen molar-refractivity contribution in [2.24, 2.45) is 0 Å². The van der Waals surface area contributed by atoms with Gasteiger partial charge in [-0.25, -0.2) is 9.66 Å². The Balaban J connectivity index is 2.06. The van der Waals surface area contributed by atoms with E-state index in [0.717, 1.165) is 29.4 Å². The lowest BCUT2D eigenvalue weighted by Crippen LogP contribution is -2.15. The normalized spacial score (nSPS) is 15.8. The summed E-state index contributed by atoms with van der Waals surface area (Å²) < 4.78 is 1.57. The van der Waals surface area contributed by atoms with Crippen LogP contribution in [-0.2, 0) is 6.42 Å². The minimum absolute atomic E-state index is 0.560. The first-order valence-electron chi connectivity index (χ1n) is 5.43. The number of nitrogen functional groups attached to an aromatic ring is 2. The average Bonchev–Trinajstić information content (AvgIpc) is 3.01. The number of thioether (sulfide) groups is 1. The highest BCUT2D eigenvalue weighted by Gasteiger charge is 2.30. The third kappa shape index (κ3) is 2.22. The van der Waals surface area contributed by atoms with Gasteiger partial charge < -0.3 is 11.6 Å². The van der Waals surface area contributed by atoms with Crippen molar-refractivity contribution in [3.8, 4) is 0 Å². The van der Waals surface area contributed by atoms with Gasteiger partial charge >= 0.3 is 0 Å². The molecule has 0 bridgehead atoms. The summed E-state index contributed by atoms with van der Waals surface area (Å²) in [7, 11) is 0. The monoisotopic (exact) mass is 226 g/mol. The number of imidazole rings is 1. The number of aryl methyl sites for hydroxylation is 1. The van der Waals surface area contributed by atoms with Crippen molar-refractivity contribution in [2.75, 3.05) is 23.1 Å². The summed E-state index contributed by atoms with van der Waals surface area (Å²) in [5.41, 5.74) is 6.89. The zero-order valence-corrected chi connectivity index (χ0v) is 9.89. The van der Waals surface area contributed by atoms with Crippen molar-refractivity contribution >= 4 is 17.6 Å². The molecule has 1 aliphatic rings. The Kier molecular flexibility index (Phi) is 3.09. The molecule has 0 spiro atoms. The van der Waals surface area contributed by atoms with Crippen LogP contribution in [0.2, 0.25) is 0 Å². The van der Waals surface area contributed by atoms with Crippen LogP contribution in [-0.4, -0.2) is 21.2 Å². The molecule has 0 unspecified atom stereocenters. The van der Waals surface area contributed by atoms with Crippen LogP contribution in [0.4, 0.5) is 5.82 Å². The molecule has 0 saturated heterocycles. The molecule has 0 aliphatic heterocycles. The first kappa shape index (κ1) is 10.7.